The Hall–Kier alpha value is 0.982. The fourth-order valence-electron chi connectivity index (χ4n) is 1.52. The molecule has 0 aliphatic rings. The average molecular weight is 505 g/mol. The van der Waals surface area contributed by atoms with Crippen molar-refractivity contribution in [3.05, 3.63) is 0 Å². The van der Waals surface area contributed by atoms with Gasteiger partial charge in [0.2, 0.25) is 0 Å². The van der Waals surface area contributed by atoms with Gasteiger partial charge in [0.1, 0.15) is 24.8 Å². The molecule has 0 spiro atoms. The first kappa shape index (κ1) is 36.4. The Bertz CT molecular complexity index is 311. The van der Waals surface area contributed by atoms with E-state index in [9.17, 15) is 28.4 Å². The fraction of sp³-hybridized carbons (Fsp3) is 1.00. The number of hydrogen-bond acceptors (Lipinski definition) is 9. The summed E-state index contributed by atoms with van der Waals surface area (Å²) in [4.78, 5) is 29.4. The van der Waals surface area contributed by atoms with Crippen molar-refractivity contribution < 1.29 is 59.3 Å². The molecule has 0 rings (SSSR count). The summed E-state index contributed by atoms with van der Waals surface area (Å²) in [6.45, 7) is 7.24. The van der Waals surface area contributed by atoms with E-state index in [1.54, 1.807) is 0 Å². The molecular weight excluding hydrogens is 469 g/mol. The molecule has 1 radical (unpaired) electrons. The van der Waals surface area contributed by atoms with Crippen molar-refractivity contribution in [3.8, 4) is 0 Å². The maximum absolute atomic E-state index is 9.81. The van der Waals surface area contributed by atoms with Crippen molar-refractivity contribution in [1.29, 1.82) is 0 Å². The molecule has 0 amide bonds. The van der Waals surface area contributed by atoms with Crippen molar-refractivity contribution in [1.82, 2.24) is 0 Å². The van der Waals surface area contributed by atoms with Crippen LogP contribution in [0.3, 0.4) is 0 Å². The van der Waals surface area contributed by atoms with Crippen molar-refractivity contribution in [2.75, 3.05) is 19.8 Å². The number of unbranched alkanes of at least 4 members (excludes halogenated alkanes) is 6. The normalized spacial score (nSPS) is 13.1. The van der Waals surface area contributed by atoms with E-state index in [1.165, 1.54) is 0 Å². The Labute approximate surface area is 182 Å². The third-order valence-electron chi connectivity index (χ3n) is 2.90. The minimum Gasteiger partial charge on any atom is -0.781 e. The first-order valence-corrected chi connectivity index (χ1v) is 13.0. The quantitative estimate of drug-likeness (QED) is 0.242. The van der Waals surface area contributed by atoms with Gasteiger partial charge in [0.15, 0.2) is 0 Å². The van der Waals surface area contributed by atoms with Gasteiger partial charge in [0.05, 0.1) is 19.8 Å². The molecule has 0 aliphatic carbocycles. The van der Waals surface area contributed by atoms with Crippen LogP contribution in [0, 0.1) is 0 Å². The molecule has 0 aromatic carbocycles. The molecule has 0 saturated heterocycles. The molecule has 3 unspecified atom stereocenters. The van der Waals surface area contributed by atoms with E-state index in [4.69, 9.17) is 0 Å². The van der Waals surface area contributed by atoms with Crippen LogP contribution >= 0.6 is 24.8 Å². The van der Waals surface area contributed by atoms with Gasteiger partial charge < -0.3 is 41.9 Å². The Morgan fingerprint density at radius 2 is 0.750 bits per heavy atom. The topological polar surface area (TPSA) is 148 Å². The molecule has 0 N–H and O–H groups in total. The van der Waals surface area contributed by atoms with Gasteiger partial charge in [0, 0.05) is 0 Å². The summed E-state index contributed by atoms with van der Waals surface area (Å²) in [5.41, 5.74) is 0. The van der Waals surface area contributed by atoms with E-state index < -0.39 is 24.8 Å². The summed E-state index contributed by atoms with van der Waals surface area (Å²) in [6.07, 6.45) is 8.90. The SMILES string of the molecule is CCCCCO[PH](=O)[O-].CCCCCO[PH](=O)[O-].CCCCCO[PH](=O)[O-].[Cr+3]. The Morgan fingerprint density at radius 1 is 0.536 bits per heavy atom. The second-order valence-electron chi connectivity index (χ2n) is 5.42. The molecular formula is C15H36CrO9P3. The van der Waals surface area contributed by atoms with E-state index in [-0.39, 0.29) is 17.4 Å². The molecule has 0 fully saturated rings. The standard InChI is InChI=1S/3C5H13O3P.Cr/c3*1-2-3-4-5-8-9(6)7;/h3*9H,2-5H2,1H3,(H,6,7);/q;;;+3/p-3. The van der Waals surface area contributed by atoms with Gasteiger partial charge in [-0.05, 0) is 19.3 Å². The second kappa shape index (κ2) is 32.6. The van der Waals surface area contributed by atoms with Gasteiger partial charge in [-0.1, -0.05) is 59.3 Å². The monoisotopic (exact) mass is 505 g/mol. The van der Waals surface area contributed by atoms with Crippen molar-refractivity contribution >= 4 is 24.8 Å². The third-order valence-corrected chi connectivity index (χ3v) is 4.22. The van der Waals surface area contributed by atoms with Crippen LogP contribution in [0.4, 0.5) is 0 Å². The van der Waals surface area contributed by atoms with E-state index in [1.807, 2.05) is 0 Å². The second-order valence-corrected chi connectivity index (χ2v) is 7.78. The molecule has 13 heteroatoms. The van der Waals surface area contributed by atoms with E-state index in [0.717, 1.165) is 57.8 Å². The van der Waals surface area contributed by atoms with Gasteiger partial charge >= 0.3 is 17.4 Å². The molecule has 0 heterocycles. The van der Waals surface area contributed by atoms with Crippen molar-refractivity contribution in [3.63, 3.8) is 0 Å². The van der Waals surface area contributed by atoms with E-state index in [2.05, 4.69) is 34.3 Å². The van der Waals surface area contributed by atoms with Gasteiger partial charge in [0.25, 0.3) is 0 Å². The van der Waals surface area contributed by atoms with Crippen LogP contribution in [-0.4, -0.2) is 19.8 Å². The predicted molar refractivity (Wildman–Crippen MR) is 103 cm³/mol. The summed E-state index contributed by atoms with van der Waals surface area (Å²) in [5.74, 6) is 0. The molecule has 9 nitrogen and oxygen atoms in total. The van der Waals surface area contributed by atoms with Crippen molar-refractivity contribution in [2.45, 2.75) is 78.6 Å². The zero-order valence-corrected chi connectivity index (χ0v) is 21.3. The summed E-state index contributed by atoms with van der Waals surface area (Å²) >= 11 is 0. The van der Waals surface area contributed by atoms with Gasteiger partial charge in [-0.3, -0.25) is 0 Å². The van der Waals surface area contributed by atoms with Crippen LogP contribution in [0.5, 0.6) is 0 Å². The maximum atomic E-state index is 9.81. The van der Waals surface area contributed by atoms with E-state index >= 15 is 0 Å². The first-order valence-electron chi connectivity index (χ1n) is 9.32. The minimum atomic E-state index is -2.92. The third kappa shape index (κ3) is 50.6. The molecule has 0 aromatic rings. The summed E-state index contributed by atoms with van der Waals surface area (Å²) in [7, 11) is -8.75. The van der Waals surface area contributed by atoms with Crippen molar-refractivity contribution in [2.24, 2.45) is 0 Å². The Balaban J connectivity index is -0.000000152. The summed E-state index contributed by atoms with van der Waals surface area (Å²) in [6, 6.07) is 0. The molecule has 0 aliphatic heterocycles. The van der Waals surface area contributed by atoms with Gasteiger partial charge in [-0.15, -0.1) is 0 Å². The van der Waals surface area contributed by atoms with Crippen LogP contribution in [0.1, 0.15) is 78.6 Å². The van der Waals surface area contributed by atoms with Crippen LogP contribution in [0.15, 0.2) is 0 Å². The first-order chi connectivity index (χ1) is 12.8. The minimum absolute atomic E-state index is 0. The maximum Gasteiger partial charge on any atom is 3.00 e. The Morgan fingerprint density at radius 3 is 0.893 bits per heavy atom. The Kier molecular flexibility index (Phi) is 42.4. The zero-order chi connectivity index (χ0) is 21.3. The van der Waals surface area contributed by atoms with Crippen LogP contribution in [0.25, 0.3) is 0 Å². The van der Waals surface area contributed by atoms with Gasteiger partial charge in [-0.25, -0.2) is 0 Å². The molecule has 171 valence electrons. The molecule has 0 bridgehead atoms. The average Bonchev–Trinajstić information content (AvgIpc) is 2.60. The largest absolute Gasteiger partial charge is 3.00 e. The summed E-state index contributed by atoms with van der Waals surface area (Å²) in [5, 5.41) is 0. The predicted octanol–water partition coefficient (Wildman–Crippen LogP) is 2.83. The fourth-order valence-corrected chi connectivity index (χ4v) is 2.46. The van der Waals surface area contributed by atoms with Crippen LogP contribution < -0.4 is 14.7 Å². The van der Waals surface area contributed by atoms with Crippen LogP contribution in [0.2, 0.25) is 0 Å². The molecule has 3 atom stereocenters. The number of rotatable bonds is 15. The number of hydrogen-bond donors (Lipinski definition) is 0. The summed E-state index contributed by atoms with van der Waals surface area (Å²) < 4.78 is 42.4. The van der Waals surface area contributed by atoms with Crippen LogP contribution in [-0.2, 0) is 44.6 Å². The zero-order valence-electron chi connectivity index (χ0n) is 17.1. The van der Waals surface area contributed by atoms with E-state index in [0.29, 0.717) is 19.8 Å². The molecule has 0 saturated carbocycles. The van der Waals surface area contributed by atoms with Gasteiger partial charge in [-0.2, -0.15) is 0 Å². The smallest absolute Gasteiger partial charge is 0.781 e. The molecule has 0 aromatic heterocycles. The molecule has 28 heavy (non-hydrogen) atoms.